The molecule has 1 aromatic heterocycles. The monoisotopic (exact) mass is 409 g/mol. The molecular weight excluding hydrogens is 389 g/mol. The van der Waals surface area contributed by atoms with Crippen molar-refractivity contribution in [3.05, 3.63) is 45.6 Å². The highest BCUT2D eigenvalue weighted by Crippen LogP contribution is 2.23. The van der Waals surface area contributed by atoms with Crippen LogP contribution >= 0.6 is 23.2 Å². The highest BCUT2D eigenvalue weighted by Gasteiger charge is 2.28. The zero-order valence-corrected chi connectivity index (χ0v) is 16.6. The molecule has 1 aliphatic rings. The van der Waals surface area contributed by atoms with E-state index in [9.17, 15) is 9.59 Å². The number of rotatable bonds is 5. The van der Waals surface area contributed by atoms with Gasteiger partial charge in [0.15, 0.2) is 6.29 Å². The van der Waals surface area contributed by atoms with Crippen LogP contribution in [0.3, 0.4) is 0 Å². The van der Waals surface area contributed by atoms with E-state index in [-0.39, 0.29) is 22.9 Å². The van der Waals surface area contributed by atoms with Crippen LogP contribution in [-0.2, 0) is 4.79 Å². The summed E-state index contributed by atoms with van der Waals surface area (Å²) in [5.41, 5.74) is 1.01. The van der Waals surface area contributed by atoms with E-state index < -0.39 is 6.29 Å². The van der Waals surface area contributed by atoms with Gasteiger partial charge in [-0.1, -0.05) is 36.5 Å². The number of aromatic nitrogens is 2. The predicted octanol–water partition coefficient (Wildman–Crippen LogP) is 3.48. The number of nitrogens with one attached hydrogen (secondary N) is 3. The van der Waals surface area contributed by atoms with E-state index in [2.05, 4.69) is 28.0 Å². The molecule has 1 fully saturated rings. The minimum atomic E-state index is -0.535. The largest absolute Gasteiger partial charge is 0.322 e. The Balaban J connectivity index is 1.83. The fraction of sp³-hybridized carbons (Fsp3) is 0.389. The van der Waals surface area contributed by atoms with Gasteiger partial charge in [0.2, 0.25) is 5.91 Å². The molecule has 144 valence electrons. The molecule has 3 rings (SSSR count). The summed E-state index contributed by atoms with van der Waals surface area (Å²) in [5.74, 6) is 0.0203. The first-order valence-corrected chi connectivity index (χ1v) is 9.51. The fourth-order valence-electron chi connectivity index (χ4n) is 3.09. The smallest absolute Gasteiger partial charge is 0.258 e. The van der Waals surface area contributed by atoms with Crippen molar-refractivity contribution >= 4 is 40.8 Å². The molecule has 0 saturated carbocycles. The molecule has 2 heterocycles. The third kappa shape index (κ3) is 4.61. The van der Waals surface area contributed by atoms with Gasteiger partial charge in [-0.25, -0.2) is 4.68 Å². The molecule has 0 radical (unpaired) electrons. The third-order valence-electron chi connectivity index (χ3n) is 4.28. The topological polar surface area (TPSA) is 88.1 Å². The Morgan fingerprint density at radius 2 is 2.15 bits per heavy atom. The van der Waals surface area contributed by atoms with Crippen LogP contribution in [-0.4, -0.2) is 27.6 Å². The number of hydrogen-bond donors (Lipinski definition) is 3. The molecule has 0 bridgehead atoms. The summed E-state index contributed by atoms with van der Waals surface area (Å²) in [6.07, 6.45) is 1.74. The number of aryl methyl sites for hydroxylation is 1. The van der Waals surface area contributed by atoms with Gasteiger partial charge in [-0.15, -0.1) is 0 Å². The van der Waals surface area contributed by atoms with E-state index in [4.69, 9.17) is 23.2 Å². The molecule has 0 spiro atoms. The van der Waals surface area contributed by atoms with Crippen LogP contribution in [0.4, 0.5) is 5.82 Å². The summed E-state index contributed by atoms with van der Waals surface area (Å²) >= 11 is 12.0. The number of carbonyl (C=O) groups is 2. The van der Waals surface area contributed by atoms with Gasteiger partial charge in [0.25, 0.3) is 5.91 Å². The van der Waals surface area contributed by atoms with Crippen LogP contribution in [0.25, 0.3) is 0 Å². The molecular formula is C18H21Cl2N5O2. The Bertz CT molecular complexity index is 867. The molecule has 3 N–H and O–H groups in total. The fourth-order valence-corrected chi connectivity index (χ4v) is 3.58. The van der Waals surface area contributed by atoms with Crippen molar-refractivity contribution in [2.24, 2.45) is 0 Å². The lowest BCUT2D eigenvalue weighted by molar-refractivity contribution is -0.125. The van der Waals surface area contributed by atoms with Crippen LogP contribution in [0.2, 0.25) is 10.0 Å². The molecule has 1 aliphatic heterocycles. The summed E-state index contributed by atoms with van der Waals surface area (Å²) in [7, 11) is 0. The minimum Gasteiger partial charge on any atom is -0.322 e. The molecule has 9 heteroatoms. The summed E-state index contributed by atoms with van der Waals surface area (Å²) in [4.78, 5) is 24.7. The lowest BCUT2D eigenvalue weighted by Crippen LogP contribution is -2.53. The number of hydrogen-bond acceptors (Lipinski definition) is 4. The predicted molar refractivity (Wildman–Crippen MR) is 105 cm³/mol. The van der Waals surface area contributed by atoms with Crippen molar-refractivity contribution in [1.82, 2.24) is 20.4 Å². The molecule has 0 aliphatic carbocycles. The molecule has 27 heavy (non-hydrogen) atoms. The normalized spacial score (nSPS) is 19.6. The lowest BCUT2D eigenvalue weighted by Gasteiger charge is -2.32. The van der Waals surface area contributed by atoms with Crippen LogP contribution in [0.1, 0.15) is 48.5 Å². The van der Waals surface area contributed by atoms with Crippen LogP contribution in [0, 0.1) is 6.92 Å². The maximum Gasteiger partial charge on any atom is 0.258 e. The first-order valence-electron chi connectivity index (χ1n) is 8.75. The van der Waals surface area contributed by atoms with Crippen molar-refractivity contribution < 1.29 is 9.59 Å². The number of anilines is 1. The van der Waals surface area contributed by atoms with Gasteiger partial charge in [-0.3, -0.25) is 14.9 Å². The van der Waals surface area contributed by atoms with Gasteiger partial charge >= 0.3 is 0 Å². The van der Waals surface area contributed by atoms with Gasteiger partial charge < -0.3 is 10.6 Å². The molecule has 1 saturated heterocycles. The second kappa shape index (κ2) is 8.29. The summed E-state index contributed by atoms with van der Waals surface area (Å²) in [5, 5.41) is 14.2. The van der Waals surface area contributed by atoms with Gasteiger partial charge in [-0.2, -0.15) is 5.10 Å². The zero-order chi connectivity index (χ0) is 19.6. The summed E-state index contributed by atoms with van der Waals surface area (Å²) < 4.78 is 1.57. The van der Waals surface area contributed by atoms with E-state index in [1.54, 1.807) is 22.9 Å². The van der Waals surface area contributed by atoms with Crippen LogP contribution in [0.15, 0.2) is 24.3 Å². The second-order valence-electron chi connectivity index (χ2n) is 6.52. The van der Waals surface area contributed by atoms with Crippen molar-refractivity contribution in [2.75, 3.05) is 5.32 Å². The maximum atomic E-state index is 12.6. The maximum absolute atomic E-state index is 12.6. The Labute approximate surface area is 167 Å². The van der Waals surface area contributed by atoms with Gasteiger partial charge in [0.1, 0.15) is 5.82 Å². The van der Waals surface area contributed by atoms with Crippen molar-refractivity contribution in [3.63, 3.8) is 0 Å². The molecule has 2 aromatic rings. The molecule has 2 unspecified atom stereocenters. The average Bonchev–Trinajstić information content (AvgIpc) is 2.95. The molecule has 2 amide bonds. The van der Waals surface area contributed by atoms with Crippen molar-refractivity contribution in [2.45, 2.75) is 45.4 Å². The first-order chi connectivity index (χ1) is 12.9. The number of carbonyl (C=O) groups excluding carboxylic acids is 2. The van der Waals surface area contributed by atoms with Crippen LogP contribution < -0.4 is 16.0 Å². The first kappa shape index (κ1) is 19.7. The van der Waals surface area contributed by atoms with Gasteiger partial charge in [0, 0.05) is 23.6 Å². The Morgan fingerprint density at radius 3 is 2.85 bits per heavy atom. The van der Waals surface area contributed by atoms with E-state index in [1.165, 1.54) is 6.07 Å². The number of amides is 2. The highest BCUT2D eigenvalue weighted by atomic mass is 35.5. The molecule has 1 aromatic carbocycles. The highest BCUT2D eigenvalue weighted by molar-refractivity contribution is 6.37. The van der Waals surface area contributed by atoms with E-state index in [1.807, 2.05) is 6.92 Å². The Morgan fingerprint density at radius 1 is 1.37 bits per heavy atom. The number of nitrogens with zero attached hydrogens (tertiary/aromatic N) is 2. The Hall–Kier alpha value is -2.09. The van der Waals surface area contributed by atoms with Gasteiger partial charge in [-0.05, 0) is 31.5 Å². The van der Waals surface area contributed by atoms with E-state index >= 15 is 0 Å². The van der Waals surface area contributed by atoms with Crippen molar-refractivity contribution in [3.8, 4) is 0 Å². The minimum absolute atomic E-state index is 0.0524. The number of benzene rings is 1. The lowest BCUT2D eigenvalue weighted by atomic mass is 10.1. The summed E-state index contributed by atoms with van der Waals surface area (Å²) in [6, 6.07) is 6.47. The quantitative estimate of drug-likeness (QED) is 0.704. The average molecular weight is 410 g/mol. The van der Waals surface area contributed by atoms with E-state index in [0.717, 1.165) is 12.8 Å². The van der Waals surface area contributed by atoms with Crippen LogP contribution in [0.5, 0.6) is 0 Å². The standard InChI is InChI=1S/C18H21Cl2N5O2/c1-3-4-12-9-16(26)23-18(21-12)25-15(7-10(2)24-25)22-17(27)13-6-5-11(19)8-14(13)20/h5-8,12,18,21H,3-4,9H2,1-2H3,(H,22,27)(H,23,26). The Kier molecular flexibility index (Phi) is 6.04. The SMILES string of the molecule is CCCC1CC(=O)NC(n2nc(C)cc2NC(=O)c2ccc(Cl)cc2Cl)N1. The molecule has 2 atom stereocenters. The second-order valence-corrected chi connectivity index (χ2v) is 7.36. The third-order valence-corrected chi connectivity index (χ3v) is 4.83. The molecule has 7 nitrogen and oxygen atoms in total. The zero-order valence-electron chi connectivity index (χ0n) is 15.1. The summed E-state index contributed by atoms with van der Waals surface area (Å²) in [6.45, 7) is 3.89. The van der Waals surface area contributed by atoms with E-state index in [0.29, 0.717) is 28.5 Å². The number of halogens is 2. The van der Waals surface area contributed by atoms with Crippen molar-refractivity contribution in [1.29, 1.82) is 0 Å². The van der Waals surface area contributed by atoms with Gasteiger partial charge in [0.05, 0.1) is 16.3 Å².